The molecule has 6 nitrogen and oxygen atoms in total. The molecule has 2 aromatic heterocycles. The summed E-state index contributed by atoms with van der Waals surface area (Å²) in [6.45, 7) is 5.28. The Balaban J connectivity index is 1.62. The first kappa shape index (κ1) is 15.7. The van der Waals surface area contributed by atoms with Gasteiger partial charge in [0.25, 0.3) is 5.91 Å². The number of ether oxygens (including phenoxy) is 1. The normalized spacial score (nSPS) is 20.8. The fraction of sp³-hybridized carbons (Fsp3) is 0.471. The van der Waals surface area contributed by atoms with Gasteiger partial charge < -0.3 is 10.1 Å². The number of nitrogens with zero attached hydrogens (tertiary/aromatic N) is 3. The fourth-order valence-electron chi connectivity index (χ4n) is 2.77. The summed E-state index contributed by atoms with van der Waals surface area (Å²) in [6, 6.07) is 4.28. The van der Waals surface area contributed by atoms with Gasteiger partial charge in [-0.25, -0.2) is 0 Å². The van der Waals surface area contributed by atoms with E-state index in [1.54, 1.807) is 29.5 Å². The van der Waals surface area contributed by atoms with E-state index in [1.807, 2.05) is 26.0 Å². The second-order valence-corrected chi connectivity index (χ2v) is 6.24. The molecule has 2 atom stereocenters. The zero-order valence-electron chi connectivity index (χ0n) is 13.5. The first-order chi connectivity index (χ1) is 11.1. The van der Waals surface area contributed by atoms with Crippen molar-refractivity contribution in [2.45, 2.75) is 32.4 Å². The lowest BCUT2D eigenvalue weighted by molar-refractivity contribution is 0.0925. The average molecular weight is 314 g/mol. The Hall–Kier alpha value is -2.21. The number of carbonyl (C=O) groups is 1. The molecule has 0 bridgehead atoms. The van der Waals surface area contributed by atoms with Crippen molar-refractivity contribution in [3.8, 4) is 0 Å². The van der Waals surface area contributed by atoms with Gasteiger partial charge in [-0.1, -0.05) is 0 Å². The van der Waals surface area contributed by atoms with Crippen LogP contribution in [0.5, 0.6) is 0 Å². The summed E-state index contributed by atoms with van der Waals surface area (Å²) in [5, 5.41) is 7.30. The predicted molar refractivity (Wildman–Crippen MR) is 86.1 cm³/mol. The number of pyridine rings is 1. The van der Waals surface area contributed by atoms with E-state index in [9.17, 15) is 4.79 Å². The van der Waals surface area contributed by atoms with Crippen LogP contribution in [0.1, 0.15) is 35.8 Å². The van der Waals surface area contributed by atoms with Crippen LogP contribution in [-0.4, -0.2) is 39.9 Å². The molecule has 0 radical (unpaired) electrons. The maximum Gasteiger partial charge on any atom is 0.254 e. The van der Waals surface area contributed by atoms with E-state index in [2.05, 4.69) is 15.4 Å². The van der Waals surface area contributed by atoms with Gasteiger partial charge in [-0.05, 0) is 38.0 Å². The monoisotopic (exact) mass is 314 g/mol. The molecule has 0 spiro atoms. The minimum atomic E-state index is -0.0906. The Morgan fingerprint density at radius 3 is 2.87 bits per heavy atom. The summed E-state index contributed by atoms with van der Waals surface area (Å²) in [6.07, 6.45) is 7.85. The van der Waals surface area contributed by atoms with E-state index < -0.39 is 0 Å². The van der Waals surface area contributed by atoms with Crippen LogP contribution < -0.4 is 5.32 Å². The van der Waals surface area contributed by atoms with E-state index in [1.165, 1.54) is 5.56 Å². The Morgan fingerprint density at radius 1 is 1.39 bits per heavy atom. The number of nitrogens with one attached hydrogen (secondary N) is 1. The van der Waals surface area contributed by atoms with E-state index in [-0.39, 0.29) is 23.9 Å². The minimum Gasteiger partial charge on any atom is -0.379 e. The van der Waals surface area contributed by atoms with Gasteiger partial charge in [0.2, 0.25) is 0 Å². The lowest BCUT2D eigenvalue weighted by Gasteiger charge is -2.18. The van der Waals surface area contributed by atoms with Crippen LogP contribution in [0, 0.1) is 5.92 Å². The maximum absolute atomic E-state index is 12.4. The molecule has 122 valence electrons. The van der Waals surface area contributed by atoms with Gasteiger partial charge in [0.15, 0.2) is 0 Å². The van der Waals surface area contributed by atoms with Gasteiger partial charge in [0, 0.05) is 30.6 Å². The van der Waals surface area contributed by atoms with Crippen LogP contribution in [0.25, 0.3) is 0 Å². The Labute approximate surface area is 135 Å². The zero-order valence-corrected chi connectivity index (χ0v) is 13.5. The molecule has 2 aromatic rings. The number of hydrogen-bond acceptors (Lipinski definition) is 4. The lowest BCUT2D eigenvalue weighted by Crippen LogP contribution is -2.40. The van der Waals surface area contributed by atoms with Crippen molar-refractivity contribution in [2.75, 3.05) is 13.2 Å². The molecule has 3 rings (SSSR count). The van der Waals surface area contributed by atoms with Crippen molar-refractivity contribution >= 4 is 5.91 Å². The van der Waals surface area contributed by atoms with Gasteiger partial charge in [-0.3, -0.25) is 14.5 Å². The van der Waals surface area contributed by atoms with Crippen molar-refractivity contribution in [1.82, 2.24) is 20.1 Å². The summed E-state index contributed by atoms with van der Waals surface area (Å²) in [5.41, 5.74) is 1.80. The quantitative estimate of drug-likeness (QED) is 0.914. The highest BCUT2D eigenvalue weighted by Crippen LogP contribution is 2.19. The molecule has 1 aliphatic rings. The largest absolute Gasteiger partial charge is 0.379 e. The number of carbonyl (C=O) groups excluding carboxylic acids is 1. The van der Waals surface area contributed by atoms with E-state index >= 15 is 0 Å². The molecule has 1 amide bonds. The molecule has 0 aliphatic carbocycles. The summed E-state index contributed by atoms with van der Waals surface area (Å²) in [7, 11) is 0. The Morgan fingerprint density at radius 2 is 2.17 bits per heavy atom. The number of aromatic nitrogens is 3. The standard InChI is InChI=1S/C17H22N4O2/c1-12(2)21-9-15(8-19-21)17(22)20-16-11-23-10-14(16)7-13-3-5-18-6-4-13/h3-6,8-9,12,14,16H,7,10-11H2,1-2H3,(H,20,22)/t14-,16+/m1/s1. The van der Waals surface area contributed by atoms with E-state index in [4.69, 9.17) is 4.74 Å². The molecule has 0 unspecified atom stereocenters. The van der Waals surface area contributed by atoms with Gasteiger partial charge in [0.05, 0.1) is 31.0 Å². The molecular weight excluding hydrogens is 292 g/mol. The molecular formula is C17H22N4O2. The van der Waals surface area contributed by atoms with Crippen LogP contribution in [-0.2, 0) is 11.2 Å². The highest BCUT2D eigenvalue weighted by Gasteiger charge is 2.30. The van der Waals surface area contributed by atoms with Crippen LogP contribution in [0.3, 0.4) is 0 Å². The molecule has 0 aromatic carbocycles. The third kappa shape index (κ3) is 3.76. The first-order valence-electron chi connectivity index (χ1n) is 7.95. The molecule has 1 fully saturated rings. The highest BCUT2D eigenvalue weighted by molar-refractivity contribution is 5.93. The topological polar surface area (TPSA) is 69.0 Å². The highest BCUT2D eigenvalue weighted by atomic mass is 16.5. The predicted octanol–water partition coefficient (Wildman–Crippen LogP) is 1.85. The number of hydrogen-bond donors (Lipinski definition) is 1. The SMILES string of the molecule is CC(C)n1cc(C(=O)N[C@H]2COC[C@H]2Cc2ccncc2)cn1. The Bertz CT molecular complexity index is 654. The molecule has 6 heteroatoms. The van der Waals surface area contributed by atoms with Crippen LogP contribution in [0.4, 0.5) is 0 Å². The number of rotatable bonds is 5. The fourth-order valence-corrected chi connectivity index (χ4v) is 2.77. The van der Waals surface area contributed by atoms with Crippen molar-refractivity contribution in [3.63, 3.8) is 0 Å². The molecule has 1 saturated heterocycles. The van der Waals surface area contributed by atoms with E-state index in [0.29, 0.717) is 18.8 Å². The van der Waals surface area contributed by atoms with Crippen molar-refractivity contribution in [1.29, 1.82) is 0 Å². The van der Waals surface area contributed by atoms with Crippen molar-refractivity contribution in [3.05, 3.63) is 48.0 Å². The van der Waals surface area contributed by atoms with Crippen molar-refractivity contribution in [2.24, 2.45) is 5.92 Å². The molecule has 1 aliphatic heterocycles. The smallest absolute Gasteiger partial charge is 0.254 e. The molecule has 1 N–H and O–H groups in total. The summed E-state index contributed by atoms with van der Waals surface area (Å²) >= 11 is 0. The first-order valence-corrected chi connectivity index (χ1v) is 7.95. The van der Waals surface area contributed by atoms with Gasteiger partial charge in [0.1, 0.15) is 0 Å². The zero-order chi connectivity index (χ0) is 16.2. The average Bonchev–Trinajstić information content (AvgIpc) is 3.18. The third-order valence-corrected chi connectivity index (χ3v) is 4.15. The third-order valence-electron chi connectivity index (χ3n) is 4.15. The van der Waals surface area contributed by atoms with Crippen LogP contribution >= 0.6 is 0 Å². The molecule has 23 heavy (non-hydrogen) atoms. The maximum atomic E-state index is 12.4. The second kappa shape index (κ2) is 6.91. The molecule has 3 heterocycles. The summed E-state index contributed by atoms with van der Waals surface area (Å²) in [4.78, 5) is 16.4. The van der Waals surface area contributed by atoms with Crippen LogP contribution in [0.2, 0.25) is 0 Å². The Kier molecular flexibility index (Phi) is 4.71. The van der Waals surface area contributed by atoms with Gasteiger partial charge >= 0.3 is 0 Å². The van der Waals surface area contributed by atoms with Crippen molar-refractivity contribution < 1.29 is 9.53 Å². The lowest BCUT2D eigenvalue weighted by atomic mass is 9.95. The second-order valence-electron chi connectivity index (χ2n) is 6.24. The summed E-state index contributed by atoms with van der Waals surface area (Å²) < 4.78 is 7.36. The summed E-state index contributed by atoms with van der Waals surface area (Å²) in [5.74, 6) is 0.189. The van der Waals surface area contributed by atoms with Gasteiger partial charge in [-0.2, -0.15) is 5.10 Å². The van der Waals surface area contributed by atoms with Crippen LogP contribution in [0.15, 0.2) is 36.9 Å². The number of amides is 1. The van der Waals surface area contributed by atoms with E-state index in [0.717, 1.165) is 6.42 Å². The molecule has 0 saturated carbocycles. The van der Waals surface area contributed by atoms with Gasteiger partial charge in [-0.15, -0.1) is 0 Å². The minimum absolute atomic E-state index is 0.0260.